The van der Waals surface area contributed by atoms with Crippen LogP contribution >= 0.6 is 0 Å². The summed E-state index contributed by atoms with van der Waals surface area (Å²) in [5, 5.41) is 6.96. The van der Waals surface area contributed by atoms with Gasteiger partial charge in [0, 0.05) is 25.0 Å². The quantitative estimate of drug-likeness (QED) is 0.725. The highest BCUT2D eigenvalue weighted by atomic mass is 16.5. The van der Waals surface area contributed by atoms with Crippen LogP contribution in [0.1, 0.15) is 34.6 Å². The van der Waals surface area contributed by atoms with Crippen molar-refractivity contribution >= 4 is 0 Å². The smallest absolute Gasteiger partial charge is 0.0594 e. The van der Waals surface area contributed by atoms with Gasteiger partial charge in [0.15, 0.2) is 0 Å². The van der Waals surface area contributed by atoms with Gasteiger partial charge in [-0.25, -0.2) is 0 Å². The van der Waals surface area contributed by atoms with Crippen LogP contribution in [-0.4, -0.2) is 37.9 Å². The van der Waals surface area contributed by atoms with Gasteiger partial charge in [-0.1, -0.05) is 13.8 Å². The van der Waals surface area contributed by atoms with E-state index in [9.17, 15) is 0 Å². The summed E-state index contributed by atoms with van der Waals surface area (Å²) in [6.45, 7) is 14.2. The van der Waals surface area contributed by atoms with Crippen LogP contribution in [0.15, 0.2) is 0 Å². The maximum atomic E-state index is 5.84. The fourth-order valence-electron chi connectivity index (χ4n) is 2.46. The molecule has 0 aromatic carbocycles. The molecule has 3 nitrogen and oxygen atoms in total. The molecule has 0 saturated carbocycles. The van der Waals surface area contributed by atoms with E-state index in [1.165, 1.54) is 0 Å². The van der Waals surface area contributed by atoms with Crippen LogP contribution < -0.4 is 10.6 Å². The van der Waals surface area contributed by atoms with Crippen LogP contribution in [0.5, 0.6) is 0 Å². The molecule has 0 spiro atoms. The number of hydrogen-bond acceptors (Lipinski definition) is 3. The fourth-order valence-corrected chi connectivity index (χ4v) is 2.46. The SMILES string of the molecule is CCNCC(C)NCC1C(C)OC(C)C1C. The molecule has 0 radical (unpaired) electrons. The Morgan fingerprint density at radius 2 is 1.88 bits per heavy atom. The van der Waals surface area contributed by atoms with Crippen molar-refractivity contribution in [3.63, 3.8) is 0 Å². The molecule has 1 aliphatic heterocycles. The third kappa shape index (κ3) is 3.72. The van der Waals surface area contributed by atoms with Crippen LogP contribution in [0.4, 0.5) is 0 Å². The van der Waals surface area contributed by atoms with E-state index >= 15 is 0 Å². The molecule has 1 heterocycles. The van der Waals surface area contributed by atoms with Gasteiger partial charge in [-0.3, -0.25) is 0 Å². The number of ether oxygens (including phenoxy) is 1. The van der Waals surface area contributed by atoms with Crippen molar-refractivity contribution in [1.82, 2.24) is 10.6 Å². The molecular weight excluding hydrogens is 200 g/mol. The largest absolute Gasteiger partial charge is 0.375 e. The molecule has 16 heavy (non-hydrogen) atoms. The predicted molar refractivity (Wildman–Crippen MR) is 68.7 cm³/mol. The lowest BCUT2D eigenvalue weighted by Crippen LogP contribution is -2.41. The van der Waals surface area contributed by atoms with E-state index in [4.69, 9.17) is 4.74 Å². The average molecular weight is 228 g/mol. The van der Waals surface area contributed by atoms with Crippen LogP contribution in [0.2, 0.25) is 0 Å². The van der Waals surface area contributed by atoms with Crippen molar-refractivity contribution in [3.05, 3.63) is 0 Å². The summed E-state index contributed by atoms with van der Waals surface area (Å²) in [5.74, 6) is 1.31. The van der Waals surface area contributed by atoms with Gasteiger partial charge in [-0.2, -0.15) is 0 Å². The Balaban J connectivity index is 2.26. The van der Waals surface area contributed by atoms with Crippen LogP contribution in [0, 0.1) is 11.8 Å². The Hall–Kier alpha value is -0.120. The molecular formula is C13H28N2O. The maximum absolute atomic E-state index is 5.84. The highest BCUT2D eigenvalue weighted by Crippen LogP contribution is 2.31. The third-order valence-corrected chi connectivity index (χ3v) is 3.85. The molecule has 5 unspecified atom stereocenters. The normalized spacial score (nSPS) is 36.6. The zero-order valence-electron chi connectivity index (χ0n) is 11.4. The first-order valence-electron chi connectivity index (χ1n) is 6.65. The molecule has 2 N–H and O–H groups in total. The molecule has 1 saturated heterocycles. The Kier molecular flexibility index (Phi) is 5.73. The summed E-state index contributed by atoms with van der Waals surface area (Å²) in [6.07, 6.45) is 0.801. The highest BCUT2D eigenvalue weighted by molar-refractivity contribution is 4.85. The van der Waals surface area contributed by atoms with E-state index in [1.807, 2.05) is 0 Å². The second-order valence-corrected chi connectivity index (χ2v) is 5.19. The van der Waals surface area contributed by atoms with Crippen molar-refractivity contribution in [1.29, 1.82) is 0 Å². The van der Waals surface area contributed by atoms with Gasteiger partial charge < -0.3 is 15.4 Å². The molecule has 0 amide bonds. The summed E-state index contributed by atoms with van der Waals surface area (Å²) in [5.41, 5.74) is 0. The molecule has 0 aliphatic carbocycles. The van der Waals surface area contributed by atoms with Crippen molar-refractivity contribution in [2.45, 2.75) is 52.9 Å². The van der Waals surface area contributed by atoms with Gasteiger partial charge in [-0.05, 0) is 33.2 Å². The highest BCUT2D eigenvalue weighted by Gasteiger charge is 2.36. The molecule has 5 atom stereocenters. The lowest BCUT2D eigenvalue weighted by molar-refractivity contribution is 0.0510. The predicted octanol–water partition coefficient (Wildman–Crippen LogP) is 1.63. The van der Waals surface area contributed by atoms with Crippen molar-refractivity contribution in [3.8, 4) is 0 Å². The van der Waals surface area contributed by atoms with E-state index in [0.717, 1.165) is 19.6 Å². The summed E-state index contributed by atoms with van der Waals surface area (Å²) in [7, 11) is 0. The van der Waals surface area contributed by atoms with E-state index in [-0.39, 0.29) is 0 Å². The zero-order valence-corrected chi connectivity index (χ0v) is 11.4. The van der Waals surface area contributed by atoms with Gasteiger partial charge >= 0.3 is 0 Å². The van der Waals surface area contributed by atoms with Gasteiger partial charge in [-0.15, -0.1) is 0 Å². The van der Waals surface area contributed by atoms with Crippen LogP contribution in [0.3, 0.4) is 0 Å². The Morgan fingerprint density at radius 3 is 2.38 bits per heavy atom. The Bertz CT molecular complexity index is 198. The summed E-state index contributed by atoms with van der Waals surface area (Å²) in [6, 6.07) is 0.537. The maximum Gasteiger partial charge on any atom is 0.0594 e. The first-order valence-corrected chi connectivity index (χ1v) is 6.65. The molecule has 0 bridgehead atoms. The number of nitrogens with one attached hydrogen (secondary N) is 2. The Morgan fingerprint density at radius 1 is 1.19 bits per heavy atom. The first-order chi connectivity index (χ1) is 7.56. The molecule has 0 aromatic heterocycles. The van der Waals surface area contributed by atoms with Crippen molar-refractivity contribution in [2.24, 2.45) is 11.8 Å². The lowest BCUT2D eigenvalue weighted by Gasteiger charge is -2.22. The van der Waals surface area contributed by atoms with Gasteiger partial charge in [0.25, 0.3) is 0 Å². The summed E-state index contributed by atoms with van der Waals surface area (Å²) < 4.78 is 5.84. The van der Waals surface area contributed by atoms with Gasteiger partial charge in [0.05, 0.1) is 12.2 Å². The number of hydrogen-bond donors (Lipinski definition) is 2. The Labute approximate surface area is 100 Å². The lowest BCUT2D eigenvalue weighted by atomic mass is 9.89. The second kappa shape index (κ2) is 6.58. The first kappa shape index (κ1) is 13.9. The summed E-state index contributed by atoms with van der Waals surface area (Å²) >= 11 is 0. The molecule has 96 valence electrons. The van der Waals surface area contributed by atoms with E-state index in [1.54, 1.807) is 0 Å². The van der Waals surface area contributed by atoms with Gasteiger partial charge in [0.1, 0.15) is 0 Å². The third-order valence-electron chi connectivity index (χ3n) is 3.85. The second-order valence-electron chi connectivity index (χ2n) is 5.19. The van der Waals surface area contributed by atoms with Crippen molar-refractivity contribution < 1.29 is 4.74 Å². The van der Waals surface area contributed by atoms with Crippen molar-refractivity contribution in [2.75, 3.05) is 19.6 Å². The van der Waals surface area contributed by atoms with E-state index < -0.39 is 0 Å². The minimum absolute atomic E-state index is 0.392. The van der Waals surface area contributed by atoms with E-state index in [2.05, 4.69) is 45.3 Å². The van der Waals surface area contributed by atoms with Crippen LogP contribution in [-0.2, 0) is 4.74 Å². The minimum Gasteiger partial charge on any atom is -0.375 e. The number of rotatable bonds is 6. The molecule has 1 rings (SSSR count). The molecule has 0 aromatic rings. The summed E-state index contributed by atoms with van der Waals surface area (Å²) in [4.78, 5) is 0. The number of likely N-dealkylation sites (N-methyl/N-ethyl adjacent to an activating group) is 1. The van der Waals surface area contributed by atoms with E-state index in [0.29, 0.717) is 30.1 Å². The van der Waals surface area contributed by atoms with Gasteiger partial charge in [0.2, 0.25) is 0 Å². The molecule has 1 fully saturated rings. The fraction of sp³-hybridized carbons (Fsp3) is 1.00. The molecule has 3 heteroatoms. The van der Waals surface area contributed by atoms with Crippen LogP contribution in [0.25, 0.3) is 0 Å². The average Bonchev–Trinajstić information content (AvgIpc) is 2.48. The molecule has 1 aliphatic rings. The monoisotopic (exact) mass is 228 g/mol. The standard InChI is InChI=1S/C13H28N2O/c1-6-14-7-9(2)15-8-13-10(3)11(4)16-12(13)5/h9-15H,6-8H2,1-5H3. The zero-order chi connectivity index (χ0) is 12.1. The topological polar surface area (TPSA) is 33.3 Å². The minimum atomic E-state index is 0.392.